The van der Waals surface area contributed by atoms with Crippen molar-refractivity contribution in [2.24, 2.45) is 0 Å². The van der Waals surface area contributed by atoms with Crippen molar-refractivity contribution < 1.29 is 14.8 Å². The van der Waals surface area contributed by atoms with Gasteiger partial charge in [0.1, 0.15) is 5.82 Å². The normalized spacial score (nSPS) is 9.94. The van der Waals surface area contributed by atoms with Crippen LogP contribution >= 0.6 is 0 Å². The molecule has 0 atom stereocenters. The number of carbonyl (C=O) groups is 1. The lowest BCUT2D eigenvalue weighted by Crippen LogP contribution is -2.26. The standard InChI is InChI=1S/C10H13N3O4/c1-2-12(6-4-10(14)15)9-7-8(13(16)17)3-5-11-9/h3,5,7H,2,4,6H2,1H3,(H,14,15). The minimum absolute atomic E-state index is 0.0296. The zero-order valence-electron chi connectivity index (χ0n) is 9.37. The number of nitrogens with zero attached hydrogens (tertiary/aromatic N) is 3. The SMILES string of the molecule is CCN(CCC(=O)O)c1cc([N+](=O)[O-])ccn1. The molecule has 1 rings (SSSR count). The molecule has 0 saturated heterocycles. The average molecular weight is 239 g/mol. The van der Waals surface area contributed by atoms with Crippen molar-refractivity contribution in [2.45, 2.75) is 13.3 Å². The molecule has 17 heavy (non-hydrogen) atoms. The predicted molar refractivity (Wildman–Crippen MR) is 61.0 cm³/mol. The number of nitro groups is 1. The van der Waals surface area contributed by atoms with E-state index in [9.17, 15) is 14.9 Å². The van der Waals surface area contributed by atoms with Gasteiger partial charge >= 0.3 is 5.97 Å². The maximum absolute atomic E-state index is 10.6. The van der Waals surface area contributed by atoms with Gasteiger partial charge in [-0.15, -0.1) is 0 Å². The Balaban J connectivity index is 2.84. The van der Waals surface area contributed by atoms with Gasteiger partial charge in [0.2, 0.25) is 0 Å². The van der Waals surface area contributed by atoms with Gasteiger partial charge in [-0.1, -0.05) is 0 Å². The molecule has 92 valence electrons. The molecular formula is C10H13N3O4. The third-order valence-electron chi connectivity index (χ3n) is 2.24. The van der Waals surface area contributed by atoms with Gasteiger partial charge in [0.15, 0.2) is 0 Å². The third kappa shape index (κ3) is 3.71. The van der Waals surface area contributed by atoms with Crippen molar-refractivity contribution in [3.8, 4) is 0 Å². The van der Waals surface area contributed by atoms with Gasteiger partial charge in [-0.25, -0.2) is 4.98 Å². The lowest BCUT2D eigenvalue weighted by Gasteiger charge is -2.20. The molecule has 0 fully saturated rings. The van der Waals surface area contributed by atoms with Crippen LogP contribution in [0.3, 0.4) is 0 Å². The Hall–Kier alpha value is -2.18. The Bertz CT molecular complexity index is 422. The van der Waals surface area contributed by atoms with E-state index in [0.29, 0.717) is 12.4 Å². The Kier molecular flexibility index (Phi) is 4.38. The van der Waals surface area contributed by atoms with Crippen LogP contribution in [0.2, 0.25) is 0 Å². The number of rotatable bonds is 6. The lowest BCUT2D eigenvalue weighted by atomic mass is 10.3. The molecule has 1 N–H and O–H groups in total. The van der Waals surface area contributed by atoms with Crippen molar-refractivity contribution >= 4 is 17.5 Å². The monoisotopic (exact) mass is 239 g/mol. The summed E-state index contributed by atoms with van der Waals surface area (Å²) in [5, 5.41) is 19.2. The summed E-state index contributed by atoms with van der Waals surface area (Å²) >= 11 is 0. The van der Waals surface area contributed by atoms with Crippen molar-refractivity contribution in [1.82, 2.24) is 4.98 Å². The molecule has 7 heteroatoms. The summed E-state index contributed by atoms with van der Waals surface area (Å²) in [5.74, 6) is -0.489. The molecule has 0 aliphatic rings. The van der Waals surface area contributed by atoms with Gasteiger partial charge in [0, 0.05) is 25.4 Å². The van der Waals surface area contributed by atoms with Crippen LogP contribution in [0, 0.1) is 10.1 Å². The molecule has 1 aromatic heterocycles. The van der Waals surface area contributed by atoms with Gasteiger partial charge in [0.05, 0.1) is 17.4 Å². The lowest BCUT2D eigenvalue weighted by molar-refractivity contribution is -0.384. The molecule has 0 bridgehead atoms. The number of hydrogen-bond acceptors (Lipinski definition) is 5. The third-order valence-corrected chi connectivity index (χ3v) is 2.24. The topological polar surface area (TPSA) is 96.6 Å². The maximum atomic E-state index is 10.6. The van der Waals surface area contributed by atoms with Gasteiger partial charge < -0.3 is 10.0 Å². The number of carboxylic acid groups (broad SMARTS) is 1. The summed E-state index contributed by atoms with van der Waals surface area (Å²) in [5.41, 5.74) is -0.0521. The summed E-state index contributed by atoms with van der Waals surface area (Å²) in [7, 11) is 0. The zero-order valence-corrected chi connectivity index (χ0v) is 9.37. The second-order valence-electron chi connectivity index (χ2n) is 3.35. The molecule has 0 saturated carbocycles. The van der Waals surface area contributed by atoms with E-state index >= 15 is 0 Å². The second-order valence-corrected chi connectivity index (χ2v) is 3.35. The smallest absolute Gasteiger partial charge is 0.305 e. The molecule has 0 radical (unpaired) electrons. The highest BCUT2D eigenvalue weighted by atomic mass is 16.6. The van der Waals surface area contributed by atoms with Crippen LogP contribution in [0.25, 0.3) is 0 Å². The fourth-order valence-electron chi connectivity index (χ4n) is 1.36. The van der Waals surface area contributed by atoms with E-state index in [4.69, 9.17) is 5.11 Å². The van der Waals surface area contributed by atoms with E-state index in [0.717, 1.165) is 0 Å². The van der Waals surface area contributed by atoms with Gasteiger partial charge in [-0.05, 0) is 6.92 Å². The Morgan fingerprint density at radius 3 is 2.88 bits per heavy atom. The molecule has 0 spiro atoms. The molecule has 7 nitrogen and oxygen atoms in total. The first-order chi connectivity index (χ1) is 8.04. The quantitative estimate of drug-likeness (QED) is 0.593. The van der Waals surface area contributed by atoms with E-state index in [1.54, 1.807) is 4.90 Å². The Morgan fingerprint density at radius 1 is 1.65 bits per heavy atom. The average Bonchev–Trinajstić information content (AvgIpc) is 2.30. The van der Waals surface area contributed by atoms with Gasteiger partial charge in [-0.3, -0.25) is 14.9 Å². The van der Waals surface area contributed by atoms with E-state index in [1.807, 2.05) is 6.92 Å². The summed E-state index contributed by atoms with van der Waals surface area (Å²) in [6.45, 7) is 2.66. The molecule has 0 amide bonds. The van der Waals surface area contributed by atoms with Crippen LogP contribution in [0.15, 0.2) is 18.3 Å². The number of pyridine rings is 1. The largest absolute Gasteiger partial charge is 0.481 e. The molecule has 0 aliphatic carbocycles. The minimum atomic E-state index is -0.908. The summed E-state index contributed by atoms with van der Waals surface area (Å²) in [4.78, 5) is 26.2. The fraction of sp³-hybridized carbons (Fsp3) is 0.400. The maximum Gasteiger partial charge on any atom is 0.305 e. The van der Waals surface area contributed by atoms with Crippen LogP contribution in [-0.4, -0.2) is 34.1 Å². The first-order valence-corrected chi connectivity index (χ1v) is 5.11. The zero-order chi connectivity index (χ0) is 12.8. The van der Waals surface area contributed by atoms with Crippen molar-refractivity contribution in [1.29, 1.82) is 0 Å². The van der Waals surface area contributed by atoms with Crippen molar-refractivity contribution in [2.75, 3.05) is 18.0 Å². The number of carboxylic acids is 1. The number of hydrogen-bond donors (Lipinski definition) is 1. The van der Waals surface area contributed by atoms with Gasteiger partial charge in [0.25, 0.3) is 5.69 Å². The van der Waals surface area contributed by atoms with Crippen LogP contribution in [0.4, 0.5) is 11.5 Å². The van der Waals surface area contributed by atoms with Crippen LogP contribution < -0.4 is 4.90 Å². The molecule has 0 unspecified atom stereocenters. The van der Waals surface area contributed by atoms with E-state index in [-0.39, 0.29) is 18.7 Å². The van der Waals surface area contributed by atoms with E-state index in [2.05, 4.69) is 4.98 Å². The Labute approximate surface area is 97.8 Å². The van der Waals surface area contributed by atoms with E-state index < -0.39 is 10.9 Å². The molecule has 1 heterocycles. The second kappa shape index (κ2) is 5.78. The number of aliphatic carboxylic acids is 1. The summed E-state index contributed by atoms with van der Waals surface area (Å²) < 4.78 is 0. The van der Waals surface area contributed by atoms with Crippen LogP contribution in [0.1, 0.15) is 13.3 Å². The van der Waals surface area contributed by atoms with Crippen LogP contribution in [-0.2, 0) is 4.79 Å². The summed E-state index contributed by atoms with van der Waals surface area (Å²) in [6.07, 6.45) is 1.31. The van der Waals surface area contributed by atoms with Crippen LogP contribution in [0.5, 0.6) is 0 Å². The summed E-state index contributed by atoms with van der Waals surface area (Å²) in [6, 6.07) is 2.64. The molecule has 0 aromatic carbocycles. The molecule has 1 aromatic rings. The Morgan fingerprint density at radius 2 is 2.35 bits per heavy atom. The highest BCUT2D eigenvalue weighted by Gasteiger charge is 2.12. The van der Waals surface area contributed by atoms with Crippen molar-refractivity contribution in [3.05, 3.63) is 28.4 Å². The first-order valence-electron chi connectivity index (χ1n) is 5.11. The highest BCUT2D eigenvalue weighted by molar-refractivity contribution is 5.67. The fourth-order valence-corrected chi connectivity index (χ4v) is 1.36. The first kappa shape index (κ1) is 12.9. The molecular weight excluding hydrogens is 226 g/mol. The predicted octanol–water partition coefficient (Wildman–Crippen LogP) is 1.29. The number of aromatic nitrogens is 1. The highest BCUT2D eigenvalue weighted by Crippen LogP contribution is 2.18. The minimum Gasteiger partial charge on any atom is -0.481 e. The van der Waals surface area contributed by atoms with E-state index in [1.165, 1.54) is 18.3 Å². The number of anilines is 1. The van der Waals surface area contributed by atoms with Gasteiger partial charge in [-0.2, -0.15) is 0 Å². The van der Waals surface area contributed by atoms with Crippen molar-refractivity contribution in [3.63, 3.8) is 0 Å². The molecule has 0 aliphatic heterocycles.